The van der Waals surface area contributed by atoms with Crippen LogP contribution >= 0.6 is 0 Å². The maximum absolute atomic E-state index is 9.09. The lowest BCUT2D eigenvalue weighted by molar-refractivity contribution is 0.220. The van der Waals surface area contributed by atoms with Gasteiger partial charge >= 0.3 is 0 Å². The zero-order chi connectivity index (χ0) is 12.3. The van der Waals surface area contributed by atoms with Gasteiger partial charge in [0.05, 0.1) is 0 Å². The summed E-state index contributed by atoms with van der Waals surface area (Å²) in [6.45, 7) is 3.06. The third-order valence-electron chi connectivity index (χ3n) is 3.13. The Morgan fingerprint density at radius 3 is 3.12 bits per heavy atom. The van der Waals surface area contributed by atoms with Crippen LogP contribution in [0.2, 0.25) is 0 Å². The molecule has 0 bridgehead atoms. The lowest BCUT2D eigenvalue weighted by Crippen LogP contribution is -2.21. The minimum atomic E-state index is 0.00140. The summed E-state index contributed by atoms with van der Waals surface area (Å²) in [5, 5.41) is 16.4. The van der Waals surface area contributed by atoms with Crippen LogP contribution in [0, 0.1) is 11.3 Å². The number of nitrogens with two attached hydrogens (primary N) is 1. The van der Waals surface area contributed by atoms with E-state index in [0.717, 1.165) is 31.6 Å². The zero-order valence-corrected chi connectivity index (χ0v) is 9.76. The van der Waals surface area contributed by atoms with Crippen molar-refractivity contribution in [3.05, 3.63) is 29.6 Å². The van der Waals surface area contributed by atoms with Crippen molar-refractivity contribution in [2.75, 3.05) is 19.7 Å². The van der Waals surface area contributed by atoms with E-state index in [4.69, 9.17) is 16.2 Å². The first kappa shape index (κ1) is 12.0. The van der Waals surface area contributed by atoms with Crippen molar-refractivity contribution < 1.29 is 5.11 Å². The number of nitrogens with zero attached hydrogens (tertiary/aromatic N) is 2. The maximum atomic E-state index is 9.09. The summed E-state index contributed by atoms with van der Waals surface area (Å²) >= 11 is 0. The van der Waals surface area contributed by atoms with Gasteiger partial charge in [0.2, 0.25) is 0 Å². The average molecular weight is 234 g/mol. The Kier molecular flexibility index (Phi) is 3.71. The second kappa shape index (κ2) is 5.25. The Balaban J connectivity index is 1.99. The Morgan fingerprint density at radius 2 is 2.47 bits per heavy atom. The van der Waals surface area contributed by atoms with Gasteiger partial charge in [0.15, 0.2) is 0 Å². The minimum Gasteiger partial charge on any atom is -0.396 e. The molecule has 0 aromatic carbocycles. The van der Waals surface area contributed by atoms with E-state index in [-0.39, 0.29) is 12.4 Å². The molecule has 2 heterocycles. The number of likely N-dealkylation sites (tertiary alicyclic amines) is 1. The smallest absolute Gasteiger partial charge is 0.141 e. The fourth-order valence-corrected chi connectivity index (χ4v) is 2.18. The normalized spacial score (nSPS) is 20.6. The molecule has 92 valence electrons. The Hall–Kier alpha value is -1.46. The molecule has 1 aliphatic rings. The van der Waals surface area contributed by atoms with E-state index in [1.807, 2.05) is 12.1 Å². The number of nitrogen functional groups attached to an aromatic ring is 1. The first-order chi connectivity index (χ1) is 8.19. The Bertz CT molecular complexity index is 407. The summed E-state index contributed by atoms with van der Waals surface area (Å²) in [5.74, 6) is 0.408. The van der Waals surface area contributed by atoms with E-state index >= 15 is 0 Å². The Morgan fingerprint density at radius 1 is 1.65 bits per heavy atom. The molecule has 1 fully saturated rings. The van der Waals surface area contributed by atoms with Crippen molar-refractivity contribution in [2.45, 2.75) is 13.0 Å². The molecule has 0 saturated carbocycles. The van der Waals surface area contributed by atoms with E-state index in [1.54, 1.807) is 6.20 Å². The van der Waals surface area contributed by atoms with Crippen molar-refractivity contribution in [1.29, 1.82) is 5.41 Å². The van der Waals surface area contributed by atoms with Gasteiger partial charge in [-0.15, -0.1) is 0 Å². The molecule has 17 heavy (non-hydrogen) atoms. The van der Waals surface area contributed by atoms with Crippen molar-refractivity contribution in [3.63, 3.8) is 0 Å². The van der Waals surface area contributed by atoms with Crippen LogP contribution in [0.3, 0.4) is 0 Å². The van der Waals surface area contributed by atoms with Crippen LogP contribution in [-0.2, 0) is 6.54 Å². The molecule has 1 aromatic rings. The van der Waals surface area contributed by atoms with Crippen molar-refractivity contribution in [2.24, 2.45) is 11.7 Å². The summed E-state index contributed by atoms with van der Waals surface area (Å²) in [6, 6.07) is 3.80. The minimum absolute atomic E-state index is 0.00140. The lowest BCUT2D eigenvalue weighted by Gasteiger charge is -2.15. The van der Waals surface area contributed by atoms with Crippen LogP contribution in [0.25, 0.3) is 0 Å². The highest BCUT2D eigenvalue weighted by molar-refractivity contribution is 5.93. The van der Waals surface area contributed by atoms with Crippen molar-refractivity contribution in [3.8, 4) is 0 Å². The van der Waals surface area contributed by atoms with Crippen LogP contribution in [0.1, 0.15) is 17.7 Å². The molecule has 4 N–H and O–H groups in total. The third kappa shape index (κ3) is 3.01. The number of pyridine rings is 1. The number of aromatic nitrogens is 1. The number of aliphatic hydroxyl groups is 1. The van der Waals surface area contributed by atoms with Gasteiger partial charge in [0.25, 0.3) is 0 Å². The highest BCUT2D eigenvalue weighted by Gasteiger charge is 2.21. The molecule has 5 nitrogen and oxygen atoms in total. The molecule has 1 saturated heterocycles. The highest BCUT2D eigenvalue weighted by atomic mass is 16.3. The fourth-order valence-electron chi connectivity index (χ4n) is 2.18. The predicted octanol–water partition coefficient (Wildman–Crippen LogP) is 0.180. The summed E-state index contributed by atoms with van der Waals surface area (Å²) in [4.78, 5) is 6.34. The van der Waals surface area contributed by atoms with Gasteiger partial charge in [0, 0.05) is 25.9 Å². The molecule has 0 amide bonds. The first-order valence-corrected chi connectivity index (χ1v) is 5.81. The number of amidine groups is 1. The van der Waals surface area contributed by atoms with Gasteiger partial charge in [-0.3, -0.25) is 15.3 Å². The van der Waals surface area contributed by atoms with Crippen LogP contribution in [-0.4, -0.2) is 40.5 Å². The number of hydrogen-bond acceptors (Lipinski definition) is 4. The van der Waals surface area contributed by atoms with Crippen LogP contribution in [0.5, 0.6) is 0 Å². The molecule has 1 aliphatic heterocycles. The third-order valence-corrected chi connectivity index (χ3v) is 3.13. The summed E-state index contributed by atoms with van der Waals surface area (Å²) in [7, 11) is 0. The van der Waals surface area contributed by atoms with E-state index in [2.05, 4.69) is 9.88 Å². The average Bonchev–Trinajstić information content (AvgIpc) is 2.77. The lowest BCUT2D eigenvalue weighted by atomic mass is 10.1. The second-order valence-electron chi connectivity index (χ2n) is 4.54. The van der Waals surface area contributed by atoms with Crippen LogP contribution < -0.4 is 5.73 Å². The standard InChI is InChI=1S/C12H18N4O/c13-12(14)11-5-9(1-3-15-11)6-16-4-2-10(7-16)8-17/h1,3,5,10,17H,2,4,6-8H2,(H3,13,14). The van der Waals surface area contributed by atoms with Crippen LogP contribution in [0.15, 0.2) is 18.3 Å². The molecule has 1 atom stereocenters. The van der Waals surface area contributed by atoms with E-state index in [9.17, 15) is 0 Å². The van der Waals surface area contributed by atoms with Crippen LogP contribution in [0.4, 0.5) is 0 Å². The number of aliphatic hydroxyl groups excluding tert-OH is 1. The summed E-state index contributed by atoms with van der Waals surface area (Å²) in [5.41, 5.74) is 7.05. The molecule has 2 rings (SSSR count). The molecular formula is C12H18N4O. The topological polar surface area (TPSA) is 86.2 Å². The van der Waals surface area contributed by atoms with E-state index in [0.29, 0.717) is 11.6 Å². The van der Waals surface area contributed by atoms with Crippen molar-refractivity contribution >= 4 is 5.84 Å². The molecule has 5 heteroatoms. The SMILES string of the molecule is N=C(N)c1cc(CN2CCC(CO)C2)ccn1. The van der Waals surface area contributed by atoms with E-state index in [1.165, 1.54) is 0 Å². The maximum Gasteiger partial charge on any atom is 0.141 e. The highest BCUT2D eigenvalue weighted by Crippen LogP contribution is 2.18. The van der Waals surface area contributed by atoms with Gasteiger partial charge in [-0.25, -0.2) is 0 Å². The summed E-state index contributed by atoms with van der Waals surface area (Å²) < 4.78 is 0. The largest absolute Gasteiger partial charge is 0.396 e. The van der Waals surface area contributed by atoms with Gasteiger partial charge in [0.1, 0.15) is 11.5 Å². The van der Waals surface area contributed by atoms with Crippen molar-refractivity contribution in [1.82, 2.24) is 9.88 Å². The number of hydrogen-bond donors (Lipinski definition) is 3. The molecular weight excluding hydrogens is 216 g/mol. The van der Waals surface area contributed by atoms with E-state index < -0.39 is 0 Å². The monoisotopic (exact) mass is 234 g/mol. The number of rotatable bonds is 4. The molecule has 0 aliphatic carbocycles. The zero-order valence-electron chi connectivity index (χ0n) is 9.76. The van der Waals surface area contributed by atoms with Gasteiger partial charge in [-0.1, -0.05) is 0 Å². The molecule has 1 aromatic heterocycles. The van der Waals surface area contributed by atoms with Gasteiger partial charge in [-0.05, 0) is 36.6 Å². The van der Waals surface area contributed by atoms with Gasteiger partial charge < -0.3 is 10.8 Å². The van der Waals surface area contributed by atoms with Gasteiger partial charge in [-0.2, -0.15) is 0 Å². The molecule has 0 spiro atoms. The predicted molar refractivity (Wildman–Crippen MR) is 65.7 cm³/mol. The number of nitrogens with one attached hydrogen (secondary N) is 1. The summed E-state index contributed by atoms with van der Waals surface area (Å²) in [6.07, 6.45) is 2.74. The Labute approximate surface area is 101 Å². The quantitative estimate of drug-likeness (QED) is 0.512. The first-order valence-electron chi connectivity index (χ1n) is 5.81. The fraction of sp³-hybridized carbons (Fsp3) is 0.500. The molecule has 1 unspecified atom stereocenters. The second-order valence-corrected chi connectivity index (χ2v) is 4.54. The molecule has 0 radical (unpaired) electrons.